The van der Waals surface area contributed by atoms with Crippen LogP contribution in [-0.4, -0.2) is 32.0 Å². The van der Waals surface area contributed by atoms with Crippen LogP contribution in [0.25, 0.3) is 0 Å². The molecule has 0 aliphatic rings. The molecule has 0 heterocycles. The van der Waals surface area contributed by atoms with Gasteiger partial charge in [-0.15, -0.1) is 0 Å². The van der Waals surface area contributed by atoms with E-state index in [0.29, 0.717) is 13.1 Å². The maximum absolute atomic E-state index is 9.67. The van der Waals surface area contributed by atoms with Gasteiger partial charge in [0, 0.05) is 13.1 Å². The third kappa shape index (κ3) is 4.73. The van der Waals surface area contributed by atoms with E-state index in [1.165, 1.54) is 0 Å². The average molecular weight is 267 g/mol. The minimum Gasteiger partial charge on any atom is -0.493 e. The van der Waals surface area contributed by atoms with Gasteiger partial charge in [-0.1, -0.05) is 13.3 Å². The first-order valence-corrected chi connectivity index (χ1v) is 6.72. The molecule has 1 atom stereocenters. The van der Waals surface area contributed by atoms with Crippen LogP contribution in [0.5, 0.6) is 11.5 Å². The van der Waals surface area contributed by atoms with Crippen molar-refractivity contribution in [3.05, 3.63) is 23.3 Å². The molecule has 1 unspecified atom stereocenters. The summed E-state index contributed by atoms with van der Waals surface area (Å²) in [5.41, 5.74) is 2.30. The van der Waals surface area contributed by atoms with E-state index in [1.807, 2.05) is 19.1 Å². The molecule has 0 saturated heterocycles. The second-order valence-electron chi connectivity index (χ2n) is 4.71. The Morgan fingerprint density at radius 1 is 1.21 bits per heavy atom. The van der Waals surface area contributed by atoms with Crippen LogP contribution < -0.4 is 14.8 Å². The zero-order valence-corrected chi connectivity index (χ0v) is 12.3. The first-order valence-electron chi connectivity index (χ1n) is 6.72. The number of aliphatic hydroxyl groups is 1. The number of aryl methyl sites for hydroxylation is 1. The smallest absolute Gasteiger partial charge is 0.161 e. The van der Waals surface area contributed by atoms with Crippen molar-refractivity contribution < 1.29 is 14.6 Å². The minimum absolute atomic E-state index is 0.273. The maximum Gasteiger partial charge on any atom is 0.161 e. The number of aliphatic hydroxyl groups excluding tert-OH is 1. The molecule has 1 rings (SSSR count). The Bertz CT molecular complexity index is 393. The minimum atomic E-state index is -0.273. The SMILES string of the molecule is CCCC(O)CNCc1cc(OC)c(OC)cc1C. The molecule has 0 bridgehead atoms. The van der Waals surface area contributed by atoms with E-state index in [-0.39, 0.29) is 6.10 Å². The number of benzene rings is 1. The van der Waals surface area contributed by atoms with E-state index < -0.39 is 0 Å². The fourth-order valence-corrected chi connectivity index (χ4v) is 2.02. The van der Waals surface area contributed by atoms with Gasteiger partial charge in [-0.25, -0.2) is 0 Å². The van der Waals surface area contributed by atoms with Crippen molar-refractivity contribution in [2.75, 3.05) is 20.8 Å². The van der Waals surface area contributed by atoms with Gasteiger partial charge < -0.3 is 19.9 Å². The normalized spacial score (nSPS) is 12.3. The molecule has 1 aromatic carbocycles. The standard InChI is InChI=1S/C15H25NO3/c1-5-6-13(17)10-16-9-12-8-15(19-4)14(18-3)7-11(12)2/h7-8,13,16-17H,5-6,9-10H2,1-4H3. The zero-order chi connectivity index (χ0) is 14.3. The van der Waals surface area contributed by atoms with Gasteiger partial charge in [0.15, 0.2) is 11.5 Å². The number of methoxy groups -OCH3 is 2. The van der Waals surface area contributed by atoms with Crippen LogP contribution in [0.4, 0.5) is 0 Å². The van der Waals surface area contributed by atoms with Crippen molar-refractivity contribution in [2.45, 2.75) is 39.3 Å². The lowest BCUT2D eigenvalue weighted by Crippen LogP contribution is -2.26. The Morgan fingerprint density at radius 3 is 2.42 bits per heavy atom. The van der Waals surface area contributed by atoms with Gasteiger partial charge in [-0.2, -0.15) is 0 Å². The summed E-state index contributed by atoms with van der Waals surface area (Å²) in [6.45, 7) is 5.44. The highest BCUT2D eigenvalue weighted by molar-refractivity contribution is 5.46. The Hall–Kier alpha value is -1.26. The highest BCUT2D eigenvalue weighted by Gasteiger charge is 2.09. The van der Waals surface area contributed by atoms with Crippen molar-refractivity contribution in [3.8, 4) is 11.5 Å². The van der Waals surface area contributed by atoms with Crippen molar-refractivity contribution in [1.29, 1.82) is 0 Å². The van der Waals surface area contributed by atoms with Gasteiger partial charge in [0.1, 0.15) is 0 Å². The predicted octanol–water partition coefficient (Wildman–Crippen LogP) is 2.26. The summed E-state index contributed by atoms with van der Waals surface area (Å²) in [4.78, 5) is 0. The van der Waals surface area contributed by atoms with Crippen molar-refractivity contribution in [3.63, 3.8) is 0 Å². The van der Waals surface area contributed by atoms with Crippen LogP contribution in [-0.2, 0) is 6.54 Å². The molecule has 1 aromatic rings. The van der Waals surface area contributed by atoms with E-state index >= 15 is 0 Å². The molecule has 0 fully saturated rings. The summed E-state index contributed by atoms with van der Waals surface area (Å²) >= 11 is 0. The van der Waals surface area contributed by atoms with Crippen LogP contribution in [0.1, 0.15) is 30.9 Å². The van der Waals surface area contributed by atoms with Crippen molar-refractivity contribution >= 4 is 0 Å². The number of hydrogen-bond donors (Lipinski definition) is 2. The van der Waals surface area contributed by atoms with E-state index in [2.05, 4.69) is 12.2 Å². The predicted molar refractivity (Wildman–Crippen MR) is 76.9 cm³/mol. The van der Waals surface area contributed by atoms with Crippen LogP contribution in [0.3, 0.4) is 0 Å². The Balaban J connectivity index is 2.63. The lowest BCUT2D eigenvalue weighted by atomic mass is 10.1. The first kappa shape index (κ1) is 15.8. The summed E-state index contributed by atoms with van der Waals surface area (Å²) in [6.07, 6.45) is 1.56. The third-order valence-electron chi connectivity index (χ3n) is 3.16. The van der Waals surface area contributed by atoms with Gasteiger partial charge in [0.05, 0.1) is 20.3 Å². The quantitative estimate of drug-likeness (QED) is 0.758. The second-order valence-corrected chi connectivity index (χ2v) is 4.71. The highest BCUT2D eigenvalue weighted by atomic mass is 16.5. The van der Waals surface area contributed by atoms with Gasteiger partial charge in [-0.05, 0) is 36.6 Å². The molecular weight excluding hydrogens is 242 g/mol. The Morgan fingerprint density at radius 2 is 1.84 bits per heavy atom. The molecule has 0 saturated carbocycles. The molecule has 0 aromatic heterocycles. The van der Waals surface area contributed by atoms with Crippen molar-refractivity contribution in [1.82, 2.24) is 5.32 Å². The fraction of sp³-hybridized carbons (Fsp3) is 0.600. The van der Waals surface area contributed by atoms with E-state index in [4.69, 9.17) is 9.47 Å². The molecule has 0 aliphatic heterocycles. The lowest BCUT2D eigenvalue weighted by Gasteiger charge is -2.15. The molecular formula is C15H25NO3. The van der Waals surface area contributed by atoms with Gasteiger partial charge in [0.25, 0.3) is 0 Å². The van der Waals surface area contributed by atoms with Crippen LogP contribution in [0.15, 0.2) is 12.1 Å². The summed E-state index contributed by atoms with van der Waals surface area (Å²) in [6, 6.07) is 3.95. The second kappa shape index (κ2) is 8.02. The summed E-state index contributed by atoms with van der Waals surface area (Å²) in [5, 5.41) is 12.9. The summed E-state index contributed by atoms with van der Waals surface area (Å²) in [5.74, 6) is 1.48. The molecule has 0 amide bonds. The maximum atomic E-state index is 9.67. The molecule has 19 heavy (non-hydrogen) atoms. The molecule has 0 spiro atoms. The van der Waals surface area contributed by atoms with Crippen LogP contribution in [0, 0.1) is 6.92 Å². The summed E-state index contributed by atoms with van der Waals surface area (Å²) < 4.78 is 10.6. The largest absolute Gasteiger partial charge is 0.493 e. The average Bonchev–Trinajstić information content (AvgIpc) is 2.40. The monoisotopic (exact) mass is 267 g/mol. The van der Waals surface area contributed by atoms with Gasteiger partial charge >= 0.3 is 0 Å². The lowest BCUT2D eigenvalue weighted by molar-refractivity contribution is 0.160. The van der Waals surface area contributed by atoms with Crippen LogP contribution >= 0.6 is 0 Å². The van der Waals surface area contributed by atoms with Crippen LogP contribution in [0.2, 0.25) is 0 Å². The van der Waals surface area contributed by atoms with E-state index in [0.717, 1.165) is 35.5 Å². The molecule has 4 heteroatoms. The van der Waals surface area contributed by atoms with E-state index in [1.54, 1.807) is 14.2 Å². The topological polar surface area (TPSA) is 50.7 Å². The summed E-state index contributed by atoms with van der Waals surface area (Å²) in [7, 11) is 3.27. The van der Waals surface area contributed by atoms with Gasteiger partial charge in [0.2, 0.25) is 0 Å². The molecule has 0 radical (unpaired) electrons. The Labute approximate surface area is 115 Å². The molecule has 108 valence electrons. The Kier molecular flexibility index (Phi) is 6.67. The highest BCUT2D eigenvalue weighted by Crippen LogP contribution is 2.30. The fourth-order valence-electron chi connectivity index (χ4n) is 2.02. The number of rotatable bonds is 8. The third-order valence-corrected chi connectivity index (χ3v) is 3.16. The number of ether oxygens (including phenoxy) is 2. The number of hydrogen-bond acceptors (Lipinski definition) is 4. The zero-order valence-electron chi connectivity index (χ0n) is 12.3. The molecule has 0 aliphatic carbocycles. The van der Waals surface area contributed by atoms with E-state index in [9.17, 15) is 5.11 Å². The van der Waals surface area contributed by atoms with Gasteiger partial charge in [-0.3, -0.25) is 0 Å². The molecule has 2 N–H and O–H groups in total. The van der Waals surface area contributed by atoms with Crippen molar-refractivity contribution in [2.24, 2.45) is 0 Å². The first-order chi connectivity index (χ1) is 9.12. The molecule has 4 nitrogen and oxygen atoms in total. The number of nitrogens with one attached hydrogen (secondary N) is 1.